The number of ether oxygens (including phenoxy) is 3. The molecule has 0 saturated heterocycles. The molecule has 3 heterocycles. The molecule has 0 aliphatic heterocycles. The highest BCUT2D eigenvalue weighted by atomic mass is 127. The fraction of sp³-hybridized carbons (Fsp3) is 0.483. The molecule has 13 N–H and O–H groups in total. The molecule has 0 saturated carbocycles. The maximum atomic E-state index is 11.9. The summed E-state index contributed by atoms with van der Waals surface area (Å²) < 4.78 is 40.8. The van der Waals surface area contributed by atoms with Gasteiger partial charge in [0.15, 0.2) is 5.30 Å². The number of rotatable bonds is 23. The molecule has 20 nitrogen and oxygen atoms in total. The highest BCUT2D eigenvalue weighted by Crippen LogP contribution is 2.31. The van der Waals surface area contributed by atoms with Crippen molar-refractivity contribution in [2.24, 2.45) is 0 Å². The zero-order chi connectivity index (χ0) is 60.8. The number of nitrogens with zero attached hydrogens (tertiary/aromatic N) is 6. The number of hydrogen-bond acceptors (Lipinski definition) is 18. The molecule has 3 aromatic carbocycles. The smallest absolute Gasteiger partial charge is 0.496 e. The lowest BCUT2D eigenvalue weighted by atomic mass is 10.0. The third kappa shape index (κ3) is 28.4. The standard InChI is InChI=1S/C18H26N4O2P.C17H23IN4O.C17H23N4O3P.C3H9BrSi.C2H6O.CH4.H2O/c1-5-6-9-20-17-15(12(2)21-18(19)22-17)11-13-10-14(25(4)23)7-8-16(13)24-3;1-4-5-8-20-16-14(11(2)21-17(19)22-16)10-12-9-13(18)6-7-15(12)23-3;1-4-5-8-19-16-14(11(2)20-17(18)21-16)10-12-9-13(25(22)23)6-7-15(12)24-3;1-5(2,3)4;1-2-3;;/h7-8,10H,5-6,9,11H2,1-4H3,(H3,19,20,21,22);6-7,9H,4-5,8,10H2,1-3H3,(H3,19,20,21,22);6-7,9H,4-5,8,10H2,1-3H3,(H3-,18,19,20,21,22,23);1-3H3;3H,2H2,1H3;1H4;1H2/q+1;;;;;;/p+1. The minimum absolute atomic E-state index is 0. The fourth-order valence-electron chi connectivity index (χ4n) is 7.66. The van der Waals surface area contributed by atoms with Gasteiger partial charge < -0.3 is 57.9 Å². The number of aliphatic hydroxyl groups excluding tert-OH is 1. The van der Waals surface area contributed by atoms with Gasteiger partial charge in [0.1, 0.15) is 48.1 Å². The number of aromatic nitrogens is 6. The van der Waals surface area contributed by atoms with Gasteiger partial charge in [-0.25, -0.2) is 15.0 Å². The number of nitrogens with one attached hydrogen (secondary N) is 3. The number of aryl methyl sites for hydroxylation is 3. The van der Waals surface area contributed by atoms with E-state index in [1.54, 1.807) is 53.1 Å². The summed E-state index contributed by atoms with van der Waals surface area (Å²) in [5.41, 5.74) is 25.7. The van der Waals surface area contributed by atoms with Crippen LogP contribution in [0.4, 0.5) is 35.3 Å². The van der Waals surface area contributed by atoms with E-state index in [0.29, 0.717) is 42.1 Å². The topological polar surface area (TPSA) is 325 Å². The average molecular weight is 1380 g/mol. The van der Waals surface area contributed by atoms with Crippen molar-refractivity contribution in [3.63, 3.8) is 0 Å². The third-order valence-corrected chi connectivity index (χ3v) is 14.0. The normalized spacial score (nSPS) is 10.7. The lowest BCUT2D eigenvalue weighted by Crippen LogP contribution is -2.12. The number of halogens is 2. The first kappa shape index (κ1) is 77.6. The molecule has 3 aromatic heterocycles. The Balaban J connectivity index is 0.00000113. The highest BCUT2D eigenvalue weighted by Gasteiger charge is 2.22. The summed E-state index contributed by atoms with van der Waals surface area (Å²) in [4.78, 5) is 35.3. The molecule has 0 spiro atoms. The molecule has 25 heteroatoms. The quantitative estimate of drug-likeness (QED) is 0.00971. The summed E-state index contributed by atoms with van der Waals surface area (Å²) >= 11 is 5.82. The second-order valence-corrected chi connectivity index (χ2v) is 34.5. The van der Waals surface area contributed by atoms with Gasteiger partial charge in [-0.1, -0.05) is 71.7 Å². The van der Waals surface area contributed by atoms with Crippen LogP contribution in [0.3, 0.4) is 0 Å². The lowest BCUT2D eigenvalue weighted by Gasteiger charge is -2.15. The van der Waals surface area contributed by atoms with Gasteiger partial charge in [-0.3, -0.25) is 0 Å². The maximum Gasteiger partial charge on any atom is 0.546 e. The molecule has 0 aliphatic rings. The summed E-state index contributed by atoms with van der Waals surface area (Å²) in [6.45, 7) is 24.3. The van der Waals surface area contributed by atoms with E-state index < -0.39 is 22.5 Å². The van der Waals surface area contributed by atoms with Gasteiger partial charge in [0.25, 0.3) is 0 Å². The number of benzene rings is 3. The second-order valence-electron chi connectivity index (χ2n) is 19.5. The van der Waals surface area contributed by atoms with E-state index in [1.165, 1.54) is 3.57 Å². The Morgan fingerprint density at radius 2 is 0.867 bits per heavy atom. The van der Waals surface area contributed by atoms with Crippen molar-refractivity contribution in [1.82, 2.24) is 29.9 Å². The van der Waals surface area contributed by atoms with Crippen LogP contribution in [0.25, 0.3) is 0 Å². The molecule has 0 amide bonds. The Bertz CT molecular complexity index is 2810. The van der Waals surface area contributed by atoms with E-state index in [-0.39, 0.29) is 31.4 Å². The Morgan fingerprint density at radius 3 is 1.16 bits per heavy atom. The van der Waals surface area contributed by atoms with Crippen LogP contribution in [0.5, 0.6) is 17.2 Å². The summed E-state index contributed by atoms with van der Waals surface area (Å²) in [7, 11) is 1.09. The zero-order valence-corrected chi connectivity index (χ0v) is 56.9. The molecule has 6 rings (SSSR count). The summed E-state index contributed by atoms with van der Waals surface area (Å²) in [6.07, 6.45) is 8.23. The maximum absolute atomic E-state index is 11.9. The van der Waals surface area contributed by atoms with Crippen molar-refractivity contribution in [2.45, 2.75) is 133 Å². The van der Waals surface area contributed by atoms with Gasteiger partial charge in [0.2, 0.25) is 23.1 Å². The lowest BCUT2D eigenvalue weighted by molar-refractivity contribution is 0.318. The largest absolute Gasteiger partial charge is 0.546 e. The van der Waals surface area contributed by atoms with Gasteiger partial charge in [-0.15, -0.1) is 15.3 Å². The summed E-state index contributed by atoms with van der Waals surface area (Å²) in [5, 5.41) is 18.8. The molecular weight excluding hydrogens is 1290 g/mol. The predicted octanol–water partition coefficient (Wildman–Crippen LogP) is 11.6. The summed E-state index contributed by atoms with van der Waals surface area (Å²) in [5.74, 6) is 5.35. The van der Waals surface area contributed by atoms with Crippen LogP contribution in [-0.4, -0.2) is 106 Å². The van der Waals surface area contributed by atoms with E-state index in [0.717, 1.165) is 137 Å². The minimum Gasteiger partial charge on any atom is -0.496 e. The molecule has 0 radical (unpaired) electrons. The van der Waals surface area contributed by atoms with Gasteiger partial charge in [0, 0.05) is 100 Å². The van der Waals surface area contributed by atoms with Crippen molar-refractivity contribution in [1.29, 1.82) is 0 Å². The predicted molar refractivity (Wildman–Crippen MR) is 362 cm³/mol. The molecule has 6 aromatic rings. The van der Waals surface area contributed by atoms with Crippen LogP contribution >= 0.6 is 53.7 Å². The Hall–Kier alpha value is -5.39. The van der Waals surface area contributed by atoms with Gasteiger partial charge in [0.05, 0.1) is 21.3 Å². The first-order chi connectivity index (χ1) is 38.4. The number of unbranched alkanes of at least 4 members (excludes halogenated alkanes) is 3. The van der Waals surface area contributed by atoms with Crippen molar-refractivity contribution >= 4 is 106 Å². The number of methoxy groups -OCH3 is 3. The first-order valence-corrected chi connectivity index (χ1v) is 36.8. The number of nitrogens with two attached hydrogens (primary N) is 3. The molecule has 2 unspecified atom stereocenters. The third-order valence-electron chi connectivity index (χ3n) is 11.6. The van der Waals surface area contributed by atoms with Crippen molar-refractivity contribution in [3.05, 3.63) is 109 Å². The molecule has 0 fully saturated rings. The van der Waals surface area contributed by atoms with Crippen molar-refractivity contribution in [3.8, 4) is 17.2 Å². The molecule has 2 atom stereocenters. The Labute approximate surface area is 518 Å². The van der Waals surface area contributed by atoms with Crippen LogP contribution in [0.1, 0.15) is 124 Å². The van der Waals surface area contributed by atoms with Gasteiger partial charge in [-0.05, 0) is 128 Å². The number of aliphatic hydroxyl groups is 1. The molecule has 83 heavy (non-hydrogen) atoms. The number of anilines is 6. The van der Waals surface area contributed by atoms with Crippen molar-refractivity contribution < 1.29 is 38.8 Å². The Kier molecular flexibility index (Phi) is 38.1. The van der Waals surface area contributed by atoms with E-state index in [1.807, 2.05) is 51.1 Å². The average Bonchev–Trinajstić information content (AvgIpc) is 3.58. The first-order valence-electron chi connectivity index (χ1n) is 27.0. The molecule has 0 aliphatic carbocycles. The van der Waals surface area contributed by atoms with E-state index >= 15 is 0 Å². The van der Waals surface area contributed by atoms with Crippen LogP contribution in [0.15, 0.2) is 54.6 Å². The van der Waals surface area contributed by atoms with Crippen LogP contribution in [0, 0.1) is 24.3 Å². The number of hydrogen-bond donors (Lipinski definition) is 8. The number of nitrogen functional groups attached to an aromatic ring is 3. The van der Waals surface area contributed by atoms with E-state index in [9.17, 15) is 14.0 Å². The highest BCUT2D eigenvalue weighted by molar-refractivity contribution is 14.1. The molecule has 460 valence electrons. The Morgan fingerprint density at radius 1 is 0.578 bits per heavy atom. The second kappa shape index (κ2) is 40.8. The minimum atomic E-state index is -2.41. The van der Waals surface area contributed by atoms with E-state index in [4.69, 9.17) is 36.5 Å². The monoisotopic (exact) mass is 1380 g/mol. The van der Waals surface area contributed by atoms with Crippen LogP contribution in [0.2, 0.25) is 19.6 Å². The van der Waals surface area contributed by atoms with E-state index in [2.05, 4.69) is 130 Å². The molecule has 0 bridgehead atoms. The van der Waals surface area contributed by atoms with Crippen LogP contribution < -0.4 is 58.0 Å². The summed E-state index contributed by atoms with van der Waals surface area (Å²) in [6, 6.07) is 16.8. The van der Waals surface area contributed by atoms with Crippen molar-refractivity contribution in [2.75, 3.05) is 87.4 Å². The van der Waals surface area contributed by atoms with Gasteiger partial charge >= 0.3 is 15.8 Å². The fourth-order valence-corrected chi connectivity index (χ4v) is 9.30. The SMILES string of the molecule is C.CCCCNc1nc(N)nc(C)c1Cc1cc(I)ccc1OC.CCCCNc1nc(N)nc(C)c1Cc1cc([P+](=O)O)ccc1OC.CCCCNc1nc(N)nc(C)c1Cc1cc([P+](C)=O)ccc1OC.CCO.C[Si](C)(C)Br.O. The molecular formula is C58H94BrIN12O8P2Si+2. The zero-order valence-electron chi connectivity index (χ0n) is 50.4. The van der Waals surface area contributed by atoms with Gasteiger partial charge in [-0.2, -0.15) is 19.8 Å². The van der Waals surface area contributed by atoms with Crippen LogP contribution in [-0.2, 0) is 28.4 Å².